The normalized spacial score (nSPS) is 21.1. The molecule has 0 saturated heterocycles. The van der Waals surface area contributed by atoms with E-state index in [2.05, 4.69) is 29.7 Å². The highest BCUT2D eigenvalue weighted by atomic mass is 16.2. The molecule has 1 fully saturated rings. The molecule has 22 heavy (non-hydrogen) atoms. The lowest BCUT2D eigenvalue weighted by Gasteiger charge is -2.29. The monoisotopic (exact) mass is 302 g/mol. The van der Waals surface area contributed by atoms with Crippen LogP contribution in [-0.2, 0) is 16.0 Å². The first-order valence-corrected chi connectivity index (χ1v) is 8.29. The third-order valence-electron chi connectivity index (χ3n) is 4.40. The van der Waals surface area contributed by atoms with E-state index in [1.807, 2.05) is 18.2 Å². The van der Waals surface area contributed by atoms with Crippen LogP contribution < -0.4 is 10.6 Å². The quantitative estimate of drug-likeness (QED) is 0.648. The summed E-state index contributed by atoms with van der Waals surface area (Å²) in [6.07, 6.45) is 6.20. The van der Waals surface area contributed by atoms with Crippen molar-refractivity contribution in [2.24, 2.45) is 5.92 Å². The zero-order chi connectivity index (χ0) is 15.8. The predicted octanol–water partition coefficient (Wildman–Crippen LogP) is 2.43. The molecular weight excluding hydrogens is 276 g/mol. The SMILES string of the molecule is C[C@@H]1CCCC[C@H]1NC(=O)C(=O)NCCCc1ccccc1. The van der Waals surface area contributed by atoms with Gasteiger partial charge in [-0.2, -0.15) is 0 Å². The fourth-order valence-corrected chi connectivity index (χ4v) is 2.98. The molecule has 0 aliphatic heterocycles. The molecule has 1 saturated carbocycles. The molecule has 0 aromatic heterocycles. The lowest BCUT2D eigenvalue weighted by molar-refractivity contribution is -0.139. The summed E-state index contributed by atoms with van der Waals surface area (Å²) in [6, 6.07) is 10.3. The van der Waals surface area contributed by atoms with E-state index in [-0.39, 0.29) is 6.04 Å². The van der Waals surface area contributed by atoms with Crippen LogP contribution in [0.25, 0.3) is 0 Å². The number of hydrogen-bond acceptors (Lipinski definition) is 2. The van der Waals surface area contributed by atoms with Crippen LogP contribution in [0.15, 0.2) is 30.3 Å². The molecule has 1 aliphatic rings. The third kappa shape index (κ3) is 5.17. The summed E-state index contributed by atoms with van der Waals surface area (Å²) in [7, 11) is 0. The van der Waals surface area contributed by atoms with E-state index < -0.39 is 11.8 Å². The van der Waals surface area contributed by atoms with Crippen LogP contribution in [0.1, 0.15) is 44.6 Å². The Balaban J connectivity index is 1.65. The number of benzene rings is 1. The topological polar surface area (TPSA) is 58.2 Å². The summed E-state index contributed by atoms with van der Waals surface area (Å²) >= 11 is 0. The van der Waals surface area contributed by atoms with Gasteiger partial charge in [-0.25, -0.2) is 0 Å². The lowest BCUT2D eigenvalue weighted by atomic mass is 9.86. The van der Waals surface area contributed by atoms with E-state index in [1.165, 1.54) is 12.0 Å². The van der Waals surface area contributed by atoms with Crippen molar-refractivity contribution in [3.8, 4) is 0 Å². The Bertz CT molecular complexity index is 487. The first kappa shape index (κ1) is 16.5. The maximum absolute atomic E-state index is 11.9. The van der Waals surface area contributed by atoms with Crippen molar-refractivity contribution in [2.75, 3.05) is 6.54 Å². The number of nitrogens with one attached hydrogen (secondary N) is 2. The van der Waals surface area contributed by atoms with Crippen LogP contribution in [0, 0.1) is 5.92 Å². The van der Waals surface area contributed by atoms with Gasteiger partial charge in [-0.1, -0.05) is 50.1 Å². The highest BCUT2D eigenvalue weighted by molar-refractivity contribution is 6.35. The minimum atomic E-state index is -0.508. The van der Waals surface area contributed by atoms with Gasteiger partial charge in [-0.15, -0.1) is 0 Å². The van der Waals surface area contributed by atoms with Gasteiger partial charge in [-0.05, 0) is 37.2 Å². The average molecular weight is 302 g/mol. The minimum absolute atomic E-state index is 0.149. The van der Waals surface area contributed by atoms with Crippen LogP contribution in [0.5, 0.6) is 0 Å². The first-order valence-electron chi connectivity index (χ1n) is 8.29. The molecular formula is C18H26N2O2. The summed E-state index contributed by atoms with van der Waals surface area (Å²) in [5.41, 5.74) is 1.25. The number of rotatable bonds is 5. The maximum Gasteiger partial charge on any atom is 0.309 e. The molecule has 2 atom stereocenters. The van der Waals surface area contributed by atoms with Gasteiger partial charge in [-0.3, -0.25) is 9.59 Å². The van der Waals surface area contributed by atoms with Crippen molar-refractivity contribution < 1.29 is 9.59 Å². The number of amides is 2. The van der Waals surface area contributed by atoms with E-state index in [9.17, 15) is 9.59 Å². The first-order chi connectivity index (χ1) is 10.7. The fourth-order valence-electron chi connectivity index (χ4n) is 2.98. The molecule has 2 amide bonds. The summed E-state index contributed by atoms with van der Waals surface area (Å²) in [6.45, 7) is 2.67. The Morgan fingerprint density at radius 2 is 1.82 bits per heavy atom. The second-order valence-electron chi connectivity index (χ2n) is 6.19. The molecule has 2 rings (SSSR count). The molecule has 2 N–H and O–H groups in total. The summed E-state index contributed by atoms with van der Waals surface area (Å²) in [4.78, 5) is 23.7. The molecule has 0 bridgehead atoms. The predicted molar refractivity (Wildman–Crippen MR) is 87.3 cm³/mol. The standard InChI is InChI=1S/C18H26N2O2/c1-14-8-5-6-12-16(14)20-18(22)17(21)19-13-7-11-15-9-3-2-4-10-15/h2-4,9-10,14,16H,5-8,11-13H2,1H3,(H,19,21)(H,20,22)/t14-,16-/m1/s1. The molecule has 1 aliphatic carbocycles. The van der Waals surface area contributed by atoms with E-state index in [4.69, 9.17) is 0 Å². The molecule has 0 radical (unpaired) electrons. The lowest BCUT2D eigenvalue weighted by Crippen LogP contribution is -2.47. The van der Waals surface area contributed by atoms with E-state index in [0.29, 0.717) is 12.5 Å². The van der Waals surface area contributed by atoms with Gasteiger partial charge in [0.2, 0.25) is 0 Å². The Kier molecular flexibility index (Phi) is 6.44. The highest BCUT2D eigenvalue weighted by Crippen LogP contribution is 2.23. The van der Waals surface area contributed by atoms with Crippen molar-refractivity contribution in [3.05, 3.63) is 35.9 Å². The largest absolute Gasteiger partial charge is 0.348 e. The number of carbonyl (C=O) groups excluding carboxylic acids is 2. The Morgan fingerprint density at radius 1 is 1.09 bits per heavy atom. The molecule has 1 aromatic rings. The van der Waals surface area contributed by atoms with Gasteiger partial charge < -0.3 is 10.6 Å². The smallest absolute Gasteiger partial charge is 0.309 e. The van der Waals surface area contributed by atoms with E-state index in [1.54, 1.807) is 0 Å². The second kappa shape index (κ2) is 8.57. The molecule has 0 unspecified atom stereocenters. The van der Waals surface area contributed by atoms with Gasteiger partial charge in [0.15, 0.2) is 0 Å². The van der Waals surface area contributed by atoms with Gasteiger partial charge in [0.1, 0.15) is 0 Å². The number of hydrogen-bond donors (Lipinski definition) is 2. The van der Waals surface area contributed by atoms with Crippen molar-refractivity contribution in [1.29, 1.82) is 0 Å². The van der Waals surface area contributed by atoms with Crippen molar-refractivity contribution in [2.45, 2.75) is 51.5 Å². The molecule has 0 spiro atoms. The molecule has 1 aromatic carbocycles. The summed E-state index contributed by atoms with van der Waals surface area (Å²) in [5.74, 6) is -0.534. The zero-order valence-electron chi connectivity index (χ0n) is 13.3. The van der Waals surface area contributed by atoms with Crippen molar-refractivity contribution in [1.82, 2.24) is 10.6 Å². The number of carbonyl (C=O) groups is 2. The Hall–Kier alpha value is -1.84. The fraction of sp³-hybridized carbons (Fsp3) is 0.556. The van der Waals surface area contributed by atoms with E-state index >= 15 is 0 Å². The Labute approximate surface area is 132 Å². The minimum Gasteiger partial charge on any atom is -0.348 e. The highest BCUT2D eigenvalue weighted by Gasteiger charge is 2.25. The van der Waals surface area contributed by atoms with Gasteiger partial charge in [0.05, 0.1) is 0 Å². The number of aryl methyl sites for hydroxylation is 1. The maximum atomic E-state index is 11.9. The summed E-state index contributed by atoms with van der Waals surface area (Å²) < 4.78 is 0. The van der Waals surface area contributed by atoms with Crippen LogP contribution in [-0.4, -0.2) is 24.4 Å². The van der Waals surface area contributed by atoms with Gasteiger partial charge >= 0.3 is 11.8 Å². The molecule has 4 nitrogen and oxygen atoms in total. The third-order valence-corrected chi connectivity index (χ3v) is 4.40. The average Bonchev–Trinajstić information content (AvgIpc) is 2.54. The molecule has 120 valence electrons. The Morgan fingerprint density at radius 3 is 2.55 bits per heavy atom. The van der Waals surface area contributed by atoms with Crippen LogP contribution in [0.4, 0.5) is 0 Å². The van der Waals surface area contributed by atoms with Crippen LogP contribution >= 0.6 is 0 Å². The van der Waals surface area contributed by atoms with Crippen molar-refractivity contribution >= 4 is 11.8 Å². The molecule has 0 heterocycles. The summed E-state index contributed by atoms with van der Waals surface area (Å²) in [5, 5.41) is 5.58. The molecule has 4 heteroatoms. The van der Waals surface area contributed by atoms with Gasteiger partial charge in [0, 0.05) is 12.6 Å². The second-order valence-corrected chi connectivity index (χ2v) is 6.19. The van der Waals surface area contributed by atoms with Gasteiger partial charge in [0.25, 0.3) is 0 Å². The zero-order valence-corrected chi connectivity index (χ0v) is 13.3. The van der Waals surface area contributed by atoms with Crippen LogP contribution in [0.2, 0.25) is 0 Å². The van der Waals surface area contributed by atoms with E-state index in [0.717, 1.165) is 32.1 Å². The van der Waals surface area contributed by atoms with Crippen molar-refractivity contribution in [3.63, 3.8) is 0 Å². The van der Waals surface area contributed by atoms with Crippen LogP contribution in [0.3, 0.4) is 0 Å².